The lowest BCUT2D eigenvalue weighted by atomic mass is 10.1. The van der Waals surface area contributed by atoms with Gasteiger partial charge in [0.05, 0.1) is 0 Å². The zero-order valence-corrected chi connectivity index (χ0v) is 17.0. The van der Waals surface area contributed by atoms with E-state index in [4.69, 9.17) is 9.47 Å². The van der Waals surface area contributed by atoms with Crippen molar-refractivity contribution in [2.24, 2.45) is 0 Å². The molecule has 4 aliphatic heterocycles. The number of aromatic nitrogens is 2. The van der Waals surface area contributed by atoms with Crippen molar-refractivity contribution in [1.29, 1.82) is 0 Å². The molecule has 162 valence electrons. The topological polar surface area (TPSA) is 84.9 Å². The van der Waals surface area contributed by atoms with E-state index in [9.17, 15) is 14.0 Å². The summed E-state index contributed by atoms with van der Waals surface area (Å²) in [4.78, 5) is 28.1. The van der Waals surface area contributed by atoms with Crippen molar-refractivity contribution in [1.82, 2.24) is 15.1 Å². The molecule has 2 aromatic rings. The number of benzene rings is 1. The fraction of sp³-hybridized carbons (Fsp3) is 0.304. The van der Waals surface area contributed by atoms with Crippen molar-refractivity contribution in [3.63, 3.8) is 0 Å². The van der Waals surface area contributed by atoms with Gasteiger partial charge < -0.3 is 14.4 Å². The smallest absolute Gasteiger partial charge is 0.339 e. The lowest BCUT2D eigenvalue weighted by molar-refractivity contribution is -0.274. The Morgan fingerprint density at radius 2 is 1.75 bits per heavy atom. The summed E-state index contributed by atoms with van der Waals surface area (Å²) in [5.74, 6) is 3.19. The highest BCUT2D eigenvalue weighted by molar-refractivity contribution is 5.93. The van der Waals surface area contributed by atoms with Crippen LogP contribution in [-0.2, 0) is 19.1 Å². The summed E-state index contributed by atoms with van der Waals surface area (Å²) in [6, 6.07) is 9.66. The highest BCUT2D eigenvalue weighted by Crippen LogP contribution is 2.35. The molecular formula is C23H19FN4O4. The van der Waals surface area contributed by atoms with E-state index in [1.807, 2.05) is 9.80 Å². The number of hydrogen-bond acceptors (Lipinski definition) is 8. The van der Waals surface area contributed by atoms with E-state index >= 15 is 0 Å². The third-order valence-corrected chi connectivity index (χ3v) is 5.74. The Kier molecular flexibility index (Phi) is 5.07. The van der Waals surface area contributed by atoms with E-state index in [1.165, 1.54) is 12.1 Å². The number of carbonyl (C=O) groups excluding carboxylic acids is 2. The Morgan fingerprint density at radius 3 is 2.41 bits per heavy atom. The van der Waals surface area contributed by atoms with Gasteiger partial charge in [-0.25, -0.2) is 18.9 Å². The van der Waals surface area contributed by atoms with E-state index in [-0.39, 0.29) is 18.4 Å². The second-order valence-electron chi connectivity index (χ2n) is 7.77. The summed E-state index contributed by atoms with van der Waals surface area (Å²) >= 11 is 0. The molecule has 1 aromatic carbocycles. The van der Waals surface area contributed by atoms with Gasteiger partial charge in [-0.15, -0.1) is 10.2 Å². The molecule has 0 unspecified atom stereocenters. The van der Waals surface area contributed by atoms with Crippen LogP contribution >= 0.6 is 0 Å². The van der Waals surface area contributed by atoms with Crippen LogP contribution in [0.3, 0.4) is 0 Å². The standard InChI is InChI=1S/C23H19FN4O4/c24-17-3-1-2-16(14-17)4-5-18-6-7-20(26-25-18)28-15-23(27-12-10-19(28)11-13-27)31-21(29)8-9-22(30)32-23/h1-3,6-9,14,19H,10-13,15H2. The maximum absolute atomic E-state index is 13.3. The van der Waals surface area contributed by atoms with Gasteiger partial charge in [-0.3, -0.25) is 0 Å². The molecule has 0 atom stereocenters. The molecular weight excluding hydrogens is 415 g/mol. The molecule has 1 spiro atoms. The van der Waals surface area contributed by atoms with Gasteiger partial charge in [0, 0.05) is 36.8 Å². The molecule has 9 heteroatoms. The molecule has 1 aromatic heterocycles. The third kappa shape index (κ3) is 3.92. The number of nitrogens with zero attached hydrogens (tertiary/aromatic N) is 4. The number of fused-ring (bicyclic) bond motifs is 3. The number of halogens is 1. The molecule has 0 N–H and O–H groups in total. The molecule has 3 saturated heterocycles. The number of carbonyl (C=O) groups is 2. The van der Waals surface area contributed by atoms with Gasteiger partial charge in [-0.1, -0.05) is 12.0 Å². The summed E-state index contributed by atoms with van der Waals surface area (Å²) < 4.78 is 24.5. The van der Waals surface area contributed by atoms with Crippen molar-refractivity contribution in [2.75, 3.05) is 24.5 Å². The van der Waals surface area contributed by atoms with Crippen LogP contribution in [0.4, 0.5) is 10.2 Å². The monoisotopic (exact) mass is 434 g/mol. The minimum absolute atomic E-state index is 0.125. The number of hydrogen-bond donors (Lipinski definition) is 0. The lowest BCUT2D eigenvalue weighted by Gasteiger charge is -2.39. The first-order valence-electron chi connectivity index (χ1n) is 10.3. The van der Waals surface area contributed by atoms with Gasteiger partial charge >= 0.3 is 17.8 Å². The van der Waals surface area contributed by atoms with Crippen LogP contribution in [0.15, 0.2) is 48.6 Å². The summed E-state index contributed by atoms with van der Waals surface area (Å²) in [6.07, 6.45) is 3.75. The molecule has 3 fully saturated rings. The van der Waals surface area contributed by atoms with Gasteiger partial charge in [0.25, 0.3) is 0 Å². The molecule has 0 radical (unpaired) electrons. The molecule has 6 rings (SSSR count). The Balaban J connectivity index is 1.41. The molecule has 32 heavy (non-hydrogen) atoms. The minimum atomic E-state index is -1.51. The zero-order chi connectivity index (χ0) is 22.1. The van der Waals surface area contributed by atoms with Crippen molar-refractivity contribution in [3.8, 4) is 11.8 Å². The summed E-state index contributed by atoms with van der Waals surface area (Å²) in [5.41, 5.74) is 0.981. The predicted molar refractivity (Wildman–Crippen MR) is 110 cm³/mol. The number of rotatable bonds is 1. The Morgan fingerprint density at radius 1 is 1.00 bits per heavy atom. The van der Waals surface area contributed by atoms with Crippen molar-refractivity contribution < 1.29 is 23.5 Å². The van der Waals surface area contributed by atoms with E-state index in [0.717, 1.165) is 25.0 Å². The van der Waals surface area contributed by atoms with Crippen LogP contribution in [-0.4, -0.2) is 58.6 Å². The van der Waals surface area contributed by atoms with Crippen LogP contribution in [0.2, 0.25) is 0 Å². The predicted octanol–water partition coefficient (Wildman–Crippen LogP) is 1.61. The first-order valence-corrected chi connectivity index (χ1v) is 10.3. The third-order valence-electron chi connectivity index (χ3n) is 5.74. The zero-order valence-electron chi connectivity index (χ0n) is 17.0. The SMILES string of the molecule is O=C1C=CC(=O)OC2(CN(c3ccc(C#Cc4cccc(F)c4)nn3)C3CCN2CC3)O1. The average Bonchev–Trinajstić information content (AvgIpc) is 3.11. The number of anilines is 1. The number of esters is 2. The quantitative estimate of drug-likeness (QED) is 0.495. The molecule has 2 bridgehead atoms. The molecule has 5 heterocycles. The second kappa shape index (κ2) is 8.05. The van der Waals surface area contributed by atoms with Crippen LogP contribution in [0.5, 0.6) is 0 Å². The molecule has 0 aliphatic carbocycles. The molecule has 8 nitrogen and oxygen atoms in total. The van der Waals surface area contributed by atoms with Crippen LogP contribution in [0, 0.1) is 17.7 Å². The van der Waals surface area contributed by atoms with Gasteiger partial charge in [-0.05, 0) is 49.1 Å². The molecule has 0 saturated carbocycles. The van der Waals surface area contributed by atoms with E-state index < -0.39 is 17.8 Å². The maximum atomic E-state index is 13.3. The minimum Gasteiger partial charge on any atom is -0.403 e. The van der Waals surface area contributed by atoms with Gasteiger partial charge in [0.15, 0.2) is 5.82 Å². The first-order chi connectivity index (χ1) is 15.5. The van der Waals surface area contributed by atoms with Gasteiger partial charge in [-0.2, -0.15) is 0 Å². The van der Waals surface area contributed by atoms with E-state index in [1.54, 1.807) is 24.3 Å². The molecule has 0 amide bonds. The van der Waals surface area contributed by atoms with Crippen molar-refractivity contribution in [3.05, 3.63) is 65.6 Å². The normalized spacial score (nSPS) is 23.6. The molecule has 4 aliphatic rings. The summed E-state index contributed by atoms with van der Waals surface area (Å²) in [7, 11) is 0. The summed E-state index contributed by atoms with van der Waals surface area (Å²) in [6.45, 7) is 1.36. The van der Waals surface area contributed by atoms with Crippen molar-refractivity contribution in [2.45, 2.75) is 24.8 Å². The van der Waals surface area contributed by atoms with Crippen molar-refractivity contribution >= 4 is 17.8 Å². The number of piperidine rings is 1. The van der Waals surface area contributed by atoms with Crippen LogP contribution in [0.25, 0.3) is 0 Å². The second-order valence-corrected chi connectivity index (χ2v) is 7.77. The van der Waals surface area contributed by atoms with Crippen LogP contribution in [0.1, 0.15) is 24.1 Å². The van der Waals surface area contributed by atoms with E-state index in [0.29, 0.717) is 30.2 Å². The highest BCUT2D eigenvalue weighted by atomic mass is 19.1. The Bertz CT molecular complexity index is 1130. The average molecular weight is 434 g/mol. The fourth-order valence-corrected chi connectivity index (χ4v) is 4.21. The van der Waals surface area contributed by atoms with Crippen LogP contribution < -0.4 is 4.90 Å². The fourth-order valence-electron chi connectivity index (χ4n) is 4.21. The van der Waals surface area contributed by atoms with Gasteiger partial charge in [0.1, 0.15) is 18.1 Å². The number of ether oxygens (including phenoxy) is 2. The Hall–Kier alpha value is -3.77. The Labute approximate surface area is 183 Å². The highest BCUT2D eigenvalue weighted by Gasteiger charge is 2.52. The first kappa shape index (κ1) is 20.2. The summed E-state index contributed by atoms with van der Waals surface area (Å²) in [5, 5.41) is 8.50. The van der Waals surface area contributed by atoms with Gasteiger partial charge in [0.2, 0.25) is 0 Å². The van der Waals surface area contributed by atoms with E-state index in [2.05, 4.69) is 22.0 Å². The maximum Gasteiger partial charge on any atom is 0.339 e. The largest absolute Gasteiger partial charge is 0.403 e. The lowest BCUT2D eigenvalue weighted by Crippen LogP contribution is -2.58.